The number of nitrogens with zero attached hydrogens (tertiary/aromatic N) is 2. The monoisotopic (exact) mass is 676 g/mol. The lowest BCUT2D eigenvalue weighted by Gasteiger charge is -2.46. The minimum Gasteiger partial charge on any atom is -0.392 e. The average molecular weight is 677 g/mol. The van der Waals surface area contributed by atoms with E-state index in [0.717, 1.165) is 0 Å². The molecule has 11 atom stereocenters. The summed E-state index contributed by atoms with van der Waals surface area (Å²) in [6, 6.07) is -0.743. The highest BCUT2D eigenvalue weighted by Crippen LogP contribution is 2.35. The van der Waals surface area contributed by atoms with Crippen LogP contribution in [0.25, 0.3) is 0 Å². The van der Waals surface area contributed by atoms with Gasteiger partial charge in [0.15, 0.2) is 6.29 Å². The maximum Gasteiger partial charge on any atom is 0.225 e. The third-order valence-electron chi connectivity index (χ3n) is 9.90. The number of sulfonamides is 1. The molecule has 2 amide bonds. The van der Waals surface area contributed by atoms with Crippen molar-refractivity contribution in [3.8, 4) is 0 Å². The fraction of sp³-hybridized carbons (Fsp3) is 0.938. The van der Waals surface area contributed by atoms with Crippen molar-refractivity contribution in [2.24, 2.45) is 17.8 Å². The zero-order valence-corrected chi connectivity index (χ0v) is 29.8. The van der Waals surface area contributed by atoms with Gasteiger partial charge in [-0.2, -0.15) is 0 Å². The van der Waals surface area contributed by atoms with Gasteiger partial charge in [-0.15, -0.1) is 0 Å². The molecule has 1 saturated carbocycles. The molecule has 1 aliphatic carbocycles. The van der Waals surface area contributed by atoms with E-state index in [1.807, 2.05) is 32.8 Å². The van der Waals surface area contributed by atoms with Gasteiger partial charge in [0, 0.05) is 44.6 Å². The maximum atomic E-state index is 13.5. The van der Waals surface area contributed by atoms with E-state index in [1.54, 1.807) is 32.7 Å². The molecule has 0 bridgehead atoms. The second kappa shape index (κ2) is 16.3. The van der Waals surface area contributed by atoms with E-state index in [1.165, 1.54) is 0 Å². The summed E-state index contributed by atoms with van der Waals surface area (Å²) in [4.78, 5) is 30.3. The van der Waals surface area contributed by atoms with Crippen molar-refractivity contribution in [3.63, 3.8) is 0 Å². The molecule has 3 aliphatic rings. The largest absolute Gasteiger partial charge is 0.392 e. The Hall–Kier alpha value is -1.39. The molecular formula is C32H60N4O9S. The Bertz CT molecular complexity index is 1120. The van der Waals surface area contributed by atoms with E-state index in [0.29, 0.717) is 51.6 Å². The predicted octanol–water partition coefficient (Wildman–Crippen LogP) is 0.807. The summed E-state index contributed by atoms with van der Waals surface area (Å²) in [5, 5.41) is 37.3. The predicted molar refractivity (Wildman–Crippen MR) is 174 cm³/mol. The normalized spacial score (nSPS) is 39.3. The van der Waals surface area contributed by atoms with Crippen LogP contribution in [-0.4, -0.2) is 133 Å². The summed E-state index contributed by atoms with van der Waals surface area (Å²) >= 11 is 0. The minimum absolute atomic E-state index is 0.0609. The summed E-state index contributed by atoms with van der Waals surface area (Å²) in [5.41, 5.74) is -1.51. The number of hydrogen-bond donors (Lipinski definition) is 5. The van der Waals surface area contributed by atoms with Crippen LogP contribution in [0.3, 0.4) is 0 Å². The zero-order chi connectivity index (χ0) is 34.6. The molecule has 0 aromatic heterocycles. The Balaban J connectivity index is 1.79. The molecule has 13 nitrogen and oxygen atoms in total. The van der Waals surface area contributed by atoms with Crippen molar-refractivity contribution in [3.05, 3.63) is 0 Å². The van der Waals surface area contributed by atoms with E-state index in [9.17, 15) is 33.3 Å². The number of hydrogen-bond acceptors (Lipinski definition) is 10. The van der Waals surface area contributed by atoms with E-state index in [-0.39, 0.29) is 42.1 Å². The first-order valence-corrected chi connectivity index (χ1v) is 18.5. The number of unbranched alkanes of at least 4 members (excludes halogenated alkanes) is 1. The molecule has 3 fully saturated rings. The average Bonchev–Trinajstić information content (AvgIpc) is 3.81. The van der Waals surface area contributed by atoms with Crippen molar-refractivity contribution in [1.82, 2.24) is 19.8 Å². The molecule has 2 aliphatic heterocycles. The van der Waals surface area contributed by atoms with Crippen LogP contribution in [-0.2, 0) is 29.1 Å². The summed E-state index contributed by atoms with van der Waals surface area (Å²) < 4.78 is 39.3. The number of carbonyl (C=O) groups is 2. The number of ether oxygens (including phenoxy) is 2. The second-order valence-corrected chi connectivity index (χ2v) is 16.8. The van der Waals surface area contributed by atoms with Gasteiger partial charge in [0.1, 0.15) is 6.10 Å². The summed E-state index contributed by atoms with van der Waals surface area (Å²) in [7, 11) is 2.17. The molecule has 0 spiro atoms. The number of likely N-dealkylation sites (N-methyl/N-ethyl adjacent to an activating group) is 1. The second-order valence-electron chi connectivity index (χ2n) is 14.8. The highest BCUT2D eigenvalue weighted by atomic mass is 32.2. The van der Waals surface area contributed by atoms with Gasteiger partial charge >= 0.3 is 0 Å². The fourth-order valence-electron chi connectivity index (χ4n) is 7.03. The van der Waals surface area contributed by atoms with Crippen LogP contribution in [0.2, 0.25) is 0 Å². The van der Waals surface area contributed by atoms with Gasteiger partial charge in [-0.05, 0) is 72.4 Å². The number of nitrogens with one attached hydrogen (secondary N) is 2. The van der Waals surface area contributed by atoms with E-state index in [4.69, 9.17) is 9.47 Å². The molecular weight excluding hydrogens is 616 g/mol. The first kappa shape index (κ1) is 39.1. The molecule has 5 N–H and O–H groups in total. The van der Waals surface area contributed by atoms with Crippen LogP contribution < -0.4 is 10.0 Å². The van der Waals surface area contributed by atoms with Gasteiger partial charge in [-0.1, -0.05) is 27.2 Å². The first-order valence-electron chi connectivity index (χ1n) is 16.9. The molecule has 0 aromatic carbocycles. The number of aliphatic hydroxyl groups excluding tert-OH is 2. The molecule has 0 aromatic rings. The summed E-state index contributed by atoms with van der Waals surface area (Å²) in [6.07, 6.45) is -0.662. The maximum absolute atomic E-state index is 13.5. The highest BCUT2D eigenvalue weighted by molar-refractivity contribution is 7.90. The number of carbonyl (C=O) groups excluding carboxylic acids is 2. The van der Waals surface area contributed by atoms with Crippen LogP contribution in [0, 0.1) is 17.8 Å². The van der Waals surface area contributed by atoms with Crippen molar-refractivity contribution >= 4 is 21.8 Å². The van der Waals surface area contributed by atoms with Gasteiger partial charge in [0.25, 0.3) is 0 Å². The Morgan fingerprint density at radius 1 is 1.11 bits per heavy atom. The van der Waals surface area contributed by atoms with Gasteiger partial charge < -0.3 is 39.9 Å². The summed E-state index contributed by atoms with van der Waals surface area (Å²) in [5.74, 6) is -2.41. The lowest BCUT2D eigenvalue weighted by atomic mass is 9.77. The van der Waals surface area contributed by atoms with Gasteiger partial charge in [-0.25, -0.2) is 13.1 Å². The smallest absolute Gasteiger partial charge is 0.225 e. The fourth-order valence-corrected chi connectivity index (χ4v) is 8.45. The third-order valence-corrected chi connectivity index (χ3v) is 11.9. The standard InChI is InChI=1S/C32H60N4O9S/c1-19-17-32(5,41)29(45-31-28(39)25(35(6)7)15-20(2)44-31)21(3)27(38)22(4)30(40)34-23(16-26(37)36(8)18-19)11-9-10-14-33-46(42,43)24-12-13-24/h19-25,27-29,31,33,38-39,41H,9-18H2,1-8H3,(H,34,40)/t19-,20?,21+,22?,23+,25+,27+,28-,29-,31?,32-/m1/s1. The Morgan fingerprint density at radius 3 is 2.37 bits per heavy atom. The Morgan fingerprint density at radius 2 is 1.76 bits per heavy atom. The van der Waals surface area contributed by atoms with Crippen molar-refractivity contribution in [1.29, 1.82) is 0 Å². The molecule has 14 heteroatoms. The lowest BCUT2D eigenvalue weighted by molar-refractivity contribution is -0.299. The van der Waals surface area contributed by atoms with E-state index < -0.39 is 64.0 Å². The van der Waals surface area contributed by atoms with E-state index in [2.05, 4.69) is 10.0 Å². The highest BCUT2D eigenvalue weighted by Gasteiger charge is 2.47. The zero-order valence-electron chi connectivity index (χ0n) is 29.0. The van der Waals surface area contributed by atoms with Crippen molar-refractivity contribution < 1.29 is 42.8 Å². The molecule has 3 unspecified atom stereocenters. The molecule has 46 heavy (non-hydrogen) atoms. The first-order chi connectivity index (χ1) is 21.3. The SMILES string of the molecule is CC1C[C@H](N(C)C)[C@@H](O)C(O[C@@H]2[C@@H](C)[C@H](O)C(C)C(=O)N[C@@H](CCCCNS(=O)(=O)C3CC3)CC(=O)N(C)C[C@H](C)C[C@@]2(C)O)O1. The third kappa shape index (κ3) is 10.6. The quantitative estimate of drug-likeness (QED) is 0.208. The number of aliphatic hydroxyl groups is 3. The van der Waals surface area contributed by atoms with Gasteiger partial charge in [0.2, 0.25) is 21.8 Å². The number of rotatable bonds is 10. The molecule has 268 valence electrons. The molecule has 2 saturated heterocycles. The van der Waals surface area contributed by atoms with Gasteiger partial charge in [-0.3, -0.25) is 9.59 Å². The number of amides is 2. The summed E-state index contributed by atoms with van der Waals surface area (Å²) in [6.45, 7) is 9.42. The van der Waals surface area contributed by atoms with Crippen LogP contribution in [0.15, 0.2) is 0 Å². The van der Waals surface area contributed by atoms with Crippen molar-refractivity contribution in [2.45, 2.75) is 140 Å². The van der Waals surface area contributed by atoms with Crippen LogP contribution in [0.5, 0.6) is 0 Å². The minimum atomic E-state index is -3.27. The van der Waals surface area contributed by atoms with Crippen LogP contribution in [0.1, 0.15) is 86.0 Å². The Labute approximate surface area is 275 Å². The van der Waals surface area contributed by atoms with E-state index >= 15 is 0 Å². The van der Waals surface area contributed by atoms with Crippen LogP contribution >= 0.6 is 0 Å². The molecule has 0 radical (unpaired) electrons. The molecule has 3 rings (SSSR count). The van der Waals surface area contributed by atoms with Crippen LogP contribution in [0.4, 0.5) is 0 Å². The topological polar surface area (TPSA) is 178 Å². The Kier molecular flexibility index (Phi) is 13.9. The molecule has 2 heterocycles. The van der Waals surface area contributed by atoms with Gasteiger partial charge in [0.05, 0.1) is 35.1 Å². The van der Waals surface area contributed by atoms with Crippen molar-refractivity contribution in [2.75, 3.05) is 34.2 Å². The lowest BCUT2D eigenvalue weighted by Crippen LogP contribution is -2.59.